The fourth-order valence-corrected chi connectivity index (χ4v) is 7.01. The number of carboxylic acid groups (broad SMARTS) is 2. The number of amides is 6. The summed E-state index contributed by atoms with van der Waals surface area (Å²) in [4.78, 5) is 148. The zero-order valence-electron chi connectivity index (χ0n) is 66.5. The van der Waals surface area contributed by atoms with Crippen molar-refractivity contribution in [2.75, 3.05) is 35.4 Å². The van der Waals surface area contributed by atoms with Gasteiger partial charge in [-0.1, -0.05) is 6.07 Å². The molecule has 109 heavy (non-hydrogen) atoms. The minimum Gasteiger partial charge on any atom is -0.507 e. The largest absolute Gasteiger partial charge is 0.519 e. The molecule has 0 saturated heterocycles. The van der Waals surface area contributed by atoms with Gasteiger partial charge in [0.2, 0.25) is 0 Å². The van der Waals surface area contributed by atoms with Gasteiger partial charge >= 0.3 is 60.9 Å². The van der Waals surface area contributed by atoms with Gasteiger partial charge in [-0.2, -0.15) is 9.80 Å². The van der Waals surface area contributed by atoms with Gasteiger partial charge in [-0.15, -0.1) is 0 Å². The Bertz CT molecular complexity index is 3850. The number of phenols is 2. The first kappa shape index (κ1) is 96.9. The van der Waals surface area contributed by atoms with Crippen molar-refractivity contribution in [1.29, 1.82) is 0 Å². The molecule has 0 saturated carbocycles. The molecule has 0 aliphatic heterocycles. The first-order chi connectivity index (χ1) is 49.4. The third-order valence-corrected chi connectivity index (χ3v) is 10.9. The number of pyridine rings is 1. The van der Waals surface area contributed by atoms with E-state index in [9.17, 15) is 67.7 Å². The number of rotatable bonds is 8. The number of anilines is 4. The van der Waals surface area contributed by atoms with Crippen molar-refractivity contribution in [2.45, 2.75) is 211 Å². The minimum absolute atomic E-state index is 0.0198. The normalized spacial score (nSPS) is 11.1. The number of aromatic nitrogens is 1. The Labute approximate surface area is 633 Å². The summed E-state index contributed by atoms with van der Waals surface area (Å²) < 4.78 is 55.4. The number of nitrogens with zero attached hydrogens (tertiary/aromatic N) is 3. The van der Waals surface area contributed by atoms with Crippen molar-refractivity contribution < 1.29 is 130 Å². The molecule has 0 bridgehead atoms. The molecule has 0 atom stereocenters. The summed E-state index contributed by atoms with van der Waals surface area (Å²) in [5, 5.41) is 41.1. The van der Waals surface area contributed by atoms with Crippen LogP contribution in [0.3, 0.4) is 0 Å². The van der Waals surface area contributed by atoms with Gasteiger partial charge in [-0.3, -0.25) is 14.6 Å². The zero-order chi connectivity index (χ0) is 84.9. The van der Waals surface area contributed by atoms with Gasteiger partial charge in [0, 0.05) is 37.9 Å². The molecule has 0 unspecified atom stereocenters. The van der Waals surface area contributed by atoms with E-state index in [0.29, 0.717) is 21.2 Å². The Kier molecular flexibility index (Phi) is 36.5. The number of hydrogen-bond acceptors (Lipinski definition) is 28. The molecule has 5 aromatic rings. The van der Waals surface area contributed by atoms with Crippen LogP contribution in [0, 0.1) is 0 Å². The topological polar surface area (TPSA) is 483 Å². The predicted molar refractivity (Wildman–Crippen MR) is 400 cm³/mol. The van der Waals surface area contributed by atoms with Gasteiger partial charge in [-0.05, 0) is 251 Å². The molecule has 4 aromatic carbocycles. The van der Waals surface area contributed by atoms with E-state index in [2.05, 4.69) is 20.4 Å². The maximum Gasteiger partial charge on any atom is 0.519 e. The lowest BCUT2D eigenvalue weighted by atomic mass is 10.1. The third-order valence-electron chi connectivity index (χ3n) is 10.9. The molecule has 1 heterocycles. The molecule has 1 aromatic heterocycles. The van der Waals surface area contributed by atoms with Crippen molar-refractivity contribution in [2.24, 2.45) is 0 Å². The highest BCUT2D eigenvalue weighted by atomic mass is 16.8. The number of nitrogens with one attached hydrogen (secondary N) is 2. The summed E-state index contributed by atoms with van der Waals surface area (Å²) in [6.45, 7) is 39.4. The molecule has 34 nitrogen and oxygen atoms in total. The average molecular weight is 1540 g/mol. The van der Waals surface area contributed by atoms with Crippen LogP contribution >= 0.6 is 0 Å². The number of carboxylic acids is 2. The Balaban J connectivity index is 0.00000140. The molecule has 0 fully saturated rings. The van der Waals surface area contributed by atoms with Gasteiger partial charge in [0.05, 0.1) is 22.5 Å². The van der Waals surface area contributed by atoms with Crippen LogP contribution in [-0.4, -0.2) is 157 Å². The average Bonchev–Trinajstić information content (AvgIpc) is 0.775. The number of benzene rings is 4. The summed E-state index contributed by atoms with van der Waals surface area (Å²) in [7, 11) is 2.87. The number of aromatic carboxylic acids is 2. The van der Waals surface area contributed by atoms with Crippen LogP contribution in [0.25, 0.3) is 0 Å². The smallest absolute Gasteiger partial charge is 0.507 e. The summed E-state index contributed by atoms with van der Waals surface area (Å²) in [6.07, 6.45) is -4.87. The summed E-state index contributed by atoms with van der Waals surface area (Å²) in [5.74, 6) is -4.41. The monoisotopic (exact) mass is 1540 g/mol. The number of carbonyl (C=O) groups is 12. The number of carbonyl (C=O) groups excluding carboxylic acids is 10. The maximum absolute atomic E-state index is 12.9. The molecule has 0 radical (unpaired) electrons. The molecule has 5 rings (SSSR count). The van der Waals surface area contributed by atoms with Crippen LogP contribution in [0.15, 0.2) is 103 Å². The quantitative estimate of drug-likeness (QED) is 0.0179. The van der Waals surface area contributed by atoms with Crippen LogP contribution in [0.1, 0.15) is 208 Å². The molecule has 0 aliphatic rings. The summed E-state index contributed by atoms with van der Waals surface area (Å²) in [6, 6.07) is 21.1. The van der Waals surface area contributed by atoms with Crippen molar-refractivity contribution in [3.05, 3.63) is 126 Å². The van der Waals surface area contributed by atoms with Crippen LogP contribution in [-0.2, 0) is 42.6 Å². The zero-order valence-corrected chi connectivity index (χ0v) is 66.5. The van der Waals surface area contributed by atoms with Gasteiger partial charge < -0.3 is 94.6 Å². The fourth-order valence-electron chi connectivity index (χ4n) is 7.01. The van der Waals surface area contributed by atoms with E-state index < -0.39 is 117 Å². The van der Waals surface area contributed by atoms with Gasteiger partial charge in [-0.25, -0.2) is 47.9 Å². The number of imide groups is 2. The molecule has 0 aliphatic carbocycles. The summed E-state index contributed by atoms with van der Waals surface area (Å²) >= 11 is 0. The van der Waals surface area contributed by atoms with E-state index in [1.54, 1.807) is 179 Å². The molecule has 34 heteroatoms. The first-order valence-electron chi connectivity index (χ1n) is 33.1. The lowest BCUT2D eigenvalue weighted by Gasteiger charge is -2.29. The second kappa shape index (κ2) is 41.1. The second-order valence-corrected chi connectivity index (χ2v) is 30.5. The Morgan fingerprint density at radius 1 is 0.349 bits per heavy atom. The highest BCUT2D eigenvalue weighted by Crippen LogP contribution is 2.32. The van der Waals surface area contributed by atoms with E-state index in [4.69, 9.17) is 69.0 Å². The second-order valence-electron chi connectivity index (χ2n) is 30.5. The highest BCUT2D eigenvalue weighted by molar-refractivity contribution is 6.12. The Morgan fingerprint density at radius 3 is 0.890 bits per heavy atom. The van der Waals surface area contributed by atoms with Gasteiger partial charge in [0.15, 0.2) is 0 Å². The van der Waals surface area contributed by atoms with Crippen molar-refractivity contribution in [1.82, 2.24) is 15.6 Å². The number of phenolic OH excluding ortho intramolecular Hbond substituents is 1. The SMILES string of the molecule is CC(C)(C)OC(=O)OC(=O)OC(C)(C)C.CC(C)(C)OC(=O)Oc1ccc(N(C(=O)OC(C)(C)C)C(=O)OC(C)(C)C)cc1C(=O)O.CNC(=O)c1cc(N(C(=O)OC(C)(C)C)C(=O)OC(C)(C)C)ccc1OC(=O)OC(C)(C)C.CNC(=O)c1cc(N)ccc1O.Nc1ccc(O)c(C(=O)O)c1.c1ccncc1. The Hall–Kier alpha value is -12.1. The van der Waals surface area contributed by atoms with Gasteiger partial charge in [0.1, 0.15) is 78.9 Å². The molecule has 10 N–H and O–H groups in total. The van der Waals surface area contributed by atoms with Crippen molar-refractivity contribution in [3.8, 4) is 23.0 Å². The number of ether oxygens (including phenoxy) is 11. The molecule has 602 valence electrons. The number of aromatic hydroxyl groups is 2. The van der Waals surface area contributed by atoms with Crippen LogP contribution in [0.4, 0.5) is 61.1 Å². The van der Waals surface area contributed by atoms with Crippen LogP contribution < -0.4 is 41.4 Å². The minimum atomic E-state index is -1.46. The van der Waals surface area contributed by atoms with E-state index in [1.807, 2.05) is 18.2 Å². The summed E-state index contributed by atoms with van der Waals surface area (Å²) in [5.41, 5.74) is 4.00. The molecule has 0 spiro atoms. The lowest BCUT2D eigenvalue weighted by molar-refractivity contribution is -0.0297. The number of nitrogen functional groups attached to an aromatic ring is 2. The molecular formula is C75H105N7O27. The lowest BCUT2D eigenvalue weighted by Crippen LogP contribution is -2.44. The number of nitrogens with two attached hydrogens (primary N) is 2. The van der Waals surface area contributed by atoms with E-state index in [-0.39, 0.29) is 57.0 Å². The van der Waals surface area contributed by atoms with E-state index in [1.165, 1.54) is 74.8 Å². The van der Waals surface area contributed by atoms with Crippen molar-refractivity contribution >= 4 is 95.5 Å². The van der Waals surface area contributed by atoms with E-state index >= 15 is 0 Å². The number of hydrogen-bond donors (Lipinski definition) is 8. The molecular weight excluding hydrogens is 1430 g/mol. The van der Waals surface area contributed by atoms with Crippen LogP contribution in [0.2, 0.25) is 0 Å². The van der Waals surface area contributed by atoms with Crippen LogP contribution in [0.5, 0.6) is 23.0 Å². The highest BCUT2D eigenvalue weighted by Gasteiger charge is 2.37. The van der Waals surface area contributed by atoms with E-state index in [0.717, 1.165) is 12.1 Å². The van der Waals surface area contributed by atoms with Gasteiger partial charge in [0.25, 0.3) is 11.8 Å². The maximum atomic E-state index is 12.9. The third kappa shape index (κ3) is 42.0. The standard InChI is InChI=1S/C23H34N2O8.C22H31NO9.C10H18O5.C8H10N2O2.C7H7NO3.C5H5N/c1-21(2,3)31-18(27)25(19(28)32-22(4,5)6)14-11-12-16(15(13-14)17(26)24-10)30-20(29)33-23(7,8)9;1-20(2,3)30-17(26)23(18(27)31-21(4,5)6)13-10-11-15(14(12-13)16(24)25)29-19(28)32-22(7,8)9;1-9(2,3)14-7(11)13-8(12)15-10(4,5)6;1-10-8(12)6-4-5(9)2-3-7(6)11;8-4-1-2-6(9)5(3-4)7(10)11;1-2-4-6-5-3-1/h11-13H,1-10H3,(H,24,26);10-12H,1-9H3,(H,24,25);1-6H3;2-4,11H,9H2,1H3,(H,10,12);1-3,9H,8H2,(H,10,11);1-5H. The molecule has 6 amide bonds. The fraction of sp³-hybridized carbons (Fsp3) is 0.453. The Morgan fingerprint density at radius 2 is 0.624 bits per heavy atom. The predicted octanol–water partition coefficient (Wildman–Crippen LogP) is 15.4. The van der Waals surface area contributed by atoms with Crippen molar-refractivity contribution in [3.63, 3.8) is 0 Å². The first-order valence-corrected chi connectivity index (χ1v) is 33.1.